The number of nitrogens with zero attached hydrogens (tertiary/aromatic N) is 3. The van der Waals surface area contributed by atoms with Crippen LogP contribution in [0, 0.1) is 6.92 Å². The molecule has 0 aliphatic carbocycles. The zero-order valence-corrected chi connectivity index (χ0v) is 12.5. The number of anilines is 3. The summed E-state index contributed by atoms with van der Waals surface area (Å²) in [6.45, 7) is 4.97. The van der Waals surface area contributed by atoms with Gasteiger partial charge in [0.15, 0.2) is 5.82 Å². The molecule has 0 saturated carbocycles. The van der Waals surface area contributed by atoms with Gasteiger partial charge in [-0.3, -0.25) is 0 Å². The van der Waals surface area contributed by atoms with Crippen LogP contribution in [0.3, 0.4) is 0 Å². The molecule has 19 heavy (non-hydrogen) atoms. The summed E-state index contributed by atoms with van der Waals surface area (Å²) in [6, 6.07) is 6.05. The summed E-state index contributed by atoms with van der Waals surface area (Å²) in [5.74, 6) is 1.21. The summed E-state index contributed by atoms with van der Waals surface area (Å²) in [5.41, 5.74) is 2.15. The maximum atomic E-state index is 4.35. The molecule has 0 amide bonds. The lowest BCUT2D eigenvalue weighted by Gasteiger charge is -2.08. The second kappa shape index (κ2) is 6.47. The van der Waals surface area contributed by atoms with E-state index in [-0.39, 0.29) is 0 Å². The van der Waals surface area contributed by atoms with Gasteiger partial charge in [0.25, 0.3) is 0 Å². The van der Waals surface area contributed by atoms with Crippen molar-refractivity contribution in [3.8, 4) is 0 Å². The van der Waals surface area contributed by atoms with Gasteiger partial charge in [-0.05, 0) is 31.0 Å². The van der Waals surface area contributed by atoms with Crippen molar-refractivity contribution in [3.05, 3.63) is 34.4 Å². The van der Waals surface area contributed by atoms with Crippen LogP contribution in [0.4, 0.5) is 17.5 Å². The fourth-order valence-electron chi connectivity index (χ4n) is 1.49. The maximum absolute atomic E-state index is 4.35. The Morgan fingerprint density at radius 2 is 2.16 bits per heavy atom. The average Bonchev–Trinajstić information content (AvgIpc) is 2.41. The zero-order valence-electron chi connectivity index (χ0n) is 10.9. The van der Waals surface area contributed by atoms with Crippen molar-refractivity contribution in [1.82, 2.24) is 15.2 Å². The number of nitrogens with one attached hydrogen (secondary N) is 2. The summed E-state index contributed by atoms with van der Waals surface area (Å²) in [6.07, 6.45) is 2.62. The molecule has 0 fully saturated rings. The number of halogens is 1. The quantitative estimate of drug-likeness (QED) is 0.882. The van der Waals surface area contributed by atoms with E-state index in [2.05, 4.69) is 48.7 Å². The van der Waals surface area contributed by atoms with E-state index in [1.165, 1.54) is 5.56 Å². The number of aryl methyl sites for hydroxylation is 1. The summed E-state index contributed by atoms with van der Waals surface area (Å²) in [4.78, 5) is 4.35. The SMILES string of the molecule is CCCNc1nncc(Nc2ccc(C)c(Br)c2)n1. The fraction of sp³-hybridized carbons (Fsp3) is 0.308. The first-order valence-electron chi connectivity index (χ1n) is 6.16. The van der Waals surface area contributed by atoms with E-state index in [0.29, 0.717) is 11.8 Å². The van der Waals surface area contributed by atoms with Gasteiger partial charge in [0.05, 0.1) is 6.20 Å². The monoisotopic (exact) mass is 321 g/mol. The van der Waals surface area contributed by atoms with Crippen LogP contribution in [0.1, 0.15) is 18.9 Å². The van der Waals surface area contributed by atoms with Gasteiger partial charge in [0, 0.05) is 16.7 Å². The van der Waals surface area contributed by atoms with Crippen LogP contribution in [0.2, 0.25) is 0 Å². The van der Waals surface area contributed by atoms with Crippen molar-refractivity contribution in [1.29, 1.82) is 0 Å². The maximum Gasteiger partial charge on any atom is 0.244 e. The van der Waals surface area contributed by atoms with Crippen molar-refractivity contribution in [2.45, 2.75) is 20.3 Å². The van der Waals surface area contributed by atoms with Crippen LogP contribution >= 0.6 is 15.9 Å². The highest BCUT2D eigenvalue weighted by Crippen LogP contribution is 2.22. The van der Waals surface area contributed by atoms with E-state index in [9.17, 15) is 0 Å². The van der Waals surface area contributed by atoms with E-state index in [1.807, 2.05) is 25.1 Å². The number of aromatic nitrogens is 3. The Hall–Kier alpha value is -1.69. The molecule has 2 aromatic rings. The largest absolute Gasteiger partial charge is 0.353 e. The summed E-state index contributed by atoms with van der Waals surface area (Å²) < 4.78 is 1.06. The second-order valence-corrected chi connectivity index (χ2v) is 5.04. The van der Waals surface area contributed by atoms with Crippen molar-refractivity contribution < 1.29 is 0 Å². The van der Waals surface area contributed by atoms with Crippen LogP contribution in [0.25, 0.3) is 0 Å². The molecule has 0 atom stereocenters. The van der Waals surface area contributed by atoms with E-state index in [1.54, 1.807) is 6.20 Å². The standard InChI is InChI=1S/C13H16BrN5/c1-3-6-15-13-18-12(8-16-19-13)17-10-5-4-9(2)11(14)7-10/h4-5,7-8H,3,6H2,1-2H3,(H2,15,17,18,19). The molecule has 2 rings (SSSR count). The first-order chi connectivity index (χ1) is 9.19. The zero-order chi connectivity index (χ0) is 13.7. The number of rotatable bonds is 5. The third-order valence-electron chi connectivity index (χ3n) is 2.54. The minimum Gasteiger partial charge on any atom is -0.353 e. The topological polar surface area (TPSA) is 62.7 Å². The molecule has 5 nitrogen and oxygen atoms in total. The van der Waals surface area contributed by atoms with Gasteiger partial charge >= 0.3 is 0 Å². The van der Waals surface area contributed by atoms with Gasteiger partial charge in [-0.2, -0.15) is 10.1 Å². The van der Waals surface area contributed by atoms with Crippen molar-refractivity contribution in [2.24, 2.45) is 0 Å². The van der Waals surface area contributed by atoms with Crippen molar-refractivity contribution in [2.75, 3.05) is 17.2 Å². The summed E-state index contributed by atoms with van der Waals surface area (Å²) in [7, 11) is 0. The fourth-order valence-corrected chi connectivity index (χ4v) is 1.87. The molecule has 1 aromatic heterocycles. The van der Waals surface area contributed by atoms with Gasteiger partial charge in [0.2, 0.25) is 5.95 Å². The first-order valence-corrected chi connectivity index (χ1v) is 6.95. The van der Waals surface area contributed by atoms with E-state index in [0.717, 1.165) is 23.1 Å². The van der Waals surface area contributed by atoms with Gasteiger partial charge in [0.1, 0.15) is 0 Å². The molecule has 0 saturated heterocycles. The lowest BCUT2D eigenvalue weighted by Crippen LogP contribution is -2.06. The van der Waals surface area contributed by atoms with E-state index >= 15 is 0 Å². The molecular formula is C13H16BrN5. The molecule has 0 spiro atoms. The molecule has 0 unspecified atom stereocenters. The number of hydrogen-bond acceptors (Lipinski definition) is 5. The van der Waals surface area contributed by atoms with E-state index < -0.39 is 0 Å². The second-order valence-electron chi connectivity index (χ2n) is 4.18. The highest BCUT2D eigenvalue weighted by Gasteiger charge is 2.02. The highest BCUT2D eigenvalue weighted by atomic mass is 79.9. The Bertz CT molecular complexity index is 558. The molecule has 2 N–H and O–H groups in total. The van der Waals surface area contributed by atoms with Gasteiger partial charge < -0.3 is 10.6 Å². The van der Waals surface area contributed by atoms with Crippen LogP contribution in [0.15, 0.2) is 28.9 Å². The molecule has 1 aromatic carbocycles. The normalized spacial score (nSPS) is 10.3. The number of hydrogen-bond donors (Lipinski definition) is 2. The lowest BCUT2D eigenvalue weighted by molar-refractivity contribution is 0.913. The van der Waals surface area contributed by atoms with Gasteiger partial charge in [-0.25, -0.2) is 0 Å². The predicted octanol–water partition coefficient (Wildman–Crippen LogP) is 3.51. The predicted molar refractivity (Wildman–Crippen MR) is 80.8 cm³/mol. The molecule has 6 heteroatoms. The smallest absolute Gasteiger partial charge is 0.244 e. The molecule has 0 aliphatic rings. The van der Waals surface area contributed by atoms with Crippen LogP contribution in [0.5, 0.6) is 0 Å². The average molecular weight is 322 g/mol. The Morgan fingerprint density at radius 1 is 1.32 bits per heavy atom. The van der Waals surface area contributed by atoms with Crippen LogP contribution in [-0.4, -0.2) is 21.7 Å². The Kier molecular flexibility index (Phi) is 4.68. The Labute approximate surface area is 121 Å². The van der Waals surface area contributed by atoms with Gasteiger partial charge in [-0.1, -0.05) is 28.9 Å². The molecule has 0 radical (unpaired) electrons. The van der Waals surface area contributed by atoms with Crippen molar-refractivity contribution in [3.63, 3.8) is 0 Å². The minimum atomic E-state index is 0.540. The minimum absolute atomic E-state index is 0.540. The third kappa shape index (κ3) is 3.89. The molecule has 1 heterocycles. The molecule has 0 bridgehead atoms. The molecular weight excluding hydrogens is 306 g/mol. The number of benzene rings is 1. The Balaban J connectivity index is 2.11. The third-order valence-corrected chi connectivity index (χ3v) is 3.39. The summed E-state index contributed by atoms with van der Waals surface area (Å²) in [5, 5.41) is 14.2. The van der Waals surface area contributed by atoms with Crippen molar-refractivity contribution >= 4 is 33.4 Å². The first kappa shape index (κ1) is 13.7. The van der Waals surface area contributed by atoms with E-state index in [4.69, 9.17) is 0 Å². The Morgan fingerprint density at radius 3 is 2.89 bits per heavy atom. The lowest BCUT2D eigenvalue weighted by atomic mass is 10.2. The highest BCUT2D eigenvalue weighted by molar-refractivity contribution is 9.10. The van der Waals surface area contributed by atoms with Crippen LogP contribution in [-0.2, 0) is 0 Å². The molecule has 100 valence electrons. The summed E-state index contributed by atoms with van der Waals surface area (Å²) >= 11 is 3.51. The van der Waals surface area contributed by atoms with Gasteiger partial charge in [-0.15, -0.1) is 5.10 Å². The van der Waals surface area contributed by atoms with Crippen LogP contribution < -0.4 is 10.6 Å². The molecule has 0 aliphatic heterocycles.